The number of benzene rings is 2. The summed E-state index contributed by atoms with van der Waals surface area (Å²) in [5.74, 6) is -30.9. The van der Waals surface area contributed by atoms with Gasteiger partial charge >= 0.3 is 29.8 Å². The molecule has 1 fully saturated rings. The number of hydrogen-bond donors (Lipinski definition) is 21. The van der Waals surface area contributed by atoms with Crippen LogP contribution in [0.2, 0.25) is 0 Å². The molecule has 2 aromatic carbocycles. The number of Topliss-reactive ketones (excluding diaryl/α,β-unsaturated/α-hetero) is 2. The van der Waals surface area contributed by atoms with Gasteiger partial charge in [-0.15, -0.1) is 0 Å². The van der Waals surface area contributed by atoms with Crippen LogP contribution in [0.4, 0.5) is 5.69 Å². The van der Waals surface area contributed by atoms with Crippen LogP contribution in [0.15, 0.2) is 54.7 Å². The number of fused-ring (bicyclic) bond motifs is 1. The van der Waals surface area contributed by atoms with Crippen molar-refractivity contribution in [2.75, 3.05) is 32.0 Å². The highest BCUT2D eigenvalue weighted by atomic mass is 16.5. The molecule has 12 unspecified atom stereocenters. The number of carboxylic acids is 4. The van der Waals surface area contributed by atoms with E-state index in [1.54, 1.807) is 30.5 Å². The van der Waals surface area contributed by atoms with E-state index in [-0.39, 0.29) is 43.5 Å². The molecule has 2 heterocycles. The minimum absolute atomic E-state index is 0.0170. The molecule has 1 aliphatic heterocycles. The van der Waals surface area contributed by atoms with Crippen molar-refractivity contribution in [2.45, 2.75) is 210 Å². The van der Waals surface area contributed by atoms with E-state index in [4.69, 9.17) is 21.9 Å². The number of nitrogens with two attached hydrogens (primary N) is 3. The van der Waals surface area contributed by atoms with Gasteiger partial charge in [-0.05, 0) is 69.3 Å². The number of carbonyl (C=O) groups excluding carboxylic acids is 16. The van der Waals surface area contributed by atoms with Crippen molar-refractivity contribution in [3.63, 3.8) is 0 Å². The quantitative estimate of drug-likeness (QED) is 0.0116. The lowest BCUT2D eigenvalue weighted by molar-refractivity contribution is -0.156. The molecule has 13 amide bonds. The summed E-state index contributed by atoms with van der Waals surface area (Å²) in [5.41, 5.74) is 18.1. The summed E-state index contributed by atoms with van der Waals surface area (Å²) in [6.07, 6.45) is -2.97. The number of ether oxygens (including phenoxy) is 1. The summed E-state index contributed by atoms with van der Waals surface area (Å²) in [5, 5.41) is 77.0. The van der Waals surface area contributed by atoms with Crippen LogP contribution in [0.5, 0.6) is 0 Å². The summed E-state index contributed by atoms with van der Waals surface area (Å²) in [7, 11) is 0. The van der Waals surface area contributed by atoms with E-state index >= 15 is 0 Å². The second-order valence-corrected chi connectivity index (χ2v) is 27.6. The molecule has 1 aliphatic rings. The van der Waals surface area contributed by atoms with E-state index in [0.29, 0.717) is 29.3 Å². The number of cyclic esters (lactones) is 1. The lowest BCUT2D eigenvalue weighted by Gasteiger charge is -2.30. The average Bonchev–Trinajstić information content (AvgIpc) is 1.49. The molecule has 24 N–H and O–H groups in total. The number of aliphatic carboxylic acids is 4. The molecule has 630 valence electrons. The molecule has 42 heteroatoms. The number of carboxylic acid groups (broad SMARTS) is 4. The number of rotatable bonds is 34. The normalized spacial score (nSPS) is 21.4. The Kier molecular flexibility index (Phi) is 39.4. The third-order valence-electron chi connectivity index (χ3n) is 18.2. The second kappa shape index (κ2) is 47.8. The fourth-order valence-electron chi connectivity index (χ4n) is 12.0. The molecule has 4 rings (SSSR count). The van der Waals surface area contributed by atoms with Crippen LogP contribution in [0.3, 0.4) is 0 Å². The molecule has 0 spiro atoms. The minimum Gasteiger partial charge on any atom is -0.481 e. The number of esters is 1. The zero-order chi connectivity index (χ0) is 85.8. The number of aliphatic hydroxyl groups is 1. The molecule has 3 aromatic rings. The minimum atomic E-state index is -2.44. The van der Waals surface area contributed by atoms with E-state index in [2.05, 4.69) is 59.8 Å². The number of para-hydroxylation sites is 2. The molecule has 0 aliphatic carbocycles. The summed E-state index contributed by atoms with van der Waals surface area (Å²) < 4.78 is 5.69. The van der Waals surface area contributed by atoms with Crippen molar-refractivity contribution >= 4 is 135 Å². The molecule has 0 radical (unpaired) electrons. The van der Waals surface area contributed by atoms with Crippen molar-refractivity contribution in [3.05, 3.63) is 65.9 Å². The number of anilines is 1. The van der Waals surface area contributed by atoms with Crippen LogP contribution in [0.25, 0.3) is 10.9 Å². The Hall–Kier alpha value is -12.5. The number of nitrogens with one attached hydrogen (secondary N) is 13. The molecule has 42 nitrogen and oxygen atoms in total. The number of unbranched alkanes of at least 4 members (excludes halogenated alkanes) is 6. The van der Waals surface area contributed by atoms with Crippen LogP contribution in [-0.2, 0) is 102 Å². The topological polar surface area (TPSA) is 690 Å². The molecule has 115 heavy (non-hydrogen) atoms. The Labute approximate surface area is 658 Å². The molecule has 1 saturated heterocycles. The molecule has 0 bridgehead atoms. The van der Waals surface area contributed by atoms with Crippen molar-refractivity contribution < 1.29 is 126 Å². The third-order valence-corrected chi connectivity index (χ3v) is 18.2. The first-order valence-corrected chi connectivity index (χ1v) is 37.0. The average molecular weight is 1620 g/mol. The van der Waals surface area contributed by atoms with Gasteiger partial charge in [-0.2, -0.15) is 0 Å². The smallest absolute Gasteiger partial charge is 0.329 e. The van der Waals surface area contributed by atoms with Crippen LogP contribution in [-0.4, -0.2) is 241 Å². The van der Waals surface area contributed by atoms with E-state index in [1.807, 2.05) is 16.0 Å². The van der Waals surface area contributed by atoms with Crippen LogP contribution >= 0.6 is 0 Å². The Bertz CT molecular complexity index is 4040. The lowest BCUT2D eigenvalue weighted by atomic mass is 9.92. The van der Waals surface area contributed by atoms with Gasteiger partial charge in [0.05, 0.1) is 63.8 Å². The van der Waals surface area contributed by atoms with E-state index < -0.39 is 261 Å². The van der Waals surface area contributed by atoms with E-state index in [9.17, 15) is 121 Å². The predicted octanol–water partition coefficient (Wildman–Crippen LogP) is -4.53. The van der Waals surface area contributed by atoms with Gasteiger partial charge in [-0.3, -0.25) is 86.3 Å². The number of primary amides is 1. The zero-order valence-corrected chi connectivity index (χ0v) is 63.8. The first-order valence-electron chi connectivity index (χ1n) is 37.0. The molecule has 13 atom stereocenters. The molecule has 1 aromatic heterocycles. The number of aromatic nitrogens is 1. The van der Waals surface area contributed by atoms with Gasteiger partial charge in [0.2, 0.25) is 76.8 Å². The predicted molar refractivity (Wildman–Crippen MR) is 401 cm³/mol. The SMILES string of the molecule is CCCCCCCCCC(=O)NC(Cc1c[nH]c2ccccc12)C(=O)N[C@H](CC(N)=O)C(=O)NC(CC(=O)O)C(=O)NC1C(=O)NCC(=O)NC(CCCN)C(=O)CC(CC(=O)O)C(=O)NC(C)C(=O)NC(C(=O)O)CC(=O)NCC(=O)NC(CO)C(=O)NC(C(C)CC(=O)O)C(=O)NC(CC(=O)c2ccccc2N)C(=O)OC1C. The van der Waals surface area contributed by atoms with Gasteiger partial charge in [0.15, 0.2) is 11.6 Å². The Morgan fingerprint density at radius 3 is 1.82 bits per heavy atom. The Balaban J connectivity index is 1.87. The second-order valence-electron chi connectivity index (χ2n) is 27.6. The number of H-pyrrole nitrogens is 1. The zero-order valence-electron chi connectivity index (χ0n) is 63.8. The maximum atomic E-state index is 14.8. The number of hydrogen-bond acceptors (Lipinski definition) is 24. The van der Waals surface area contributed by atoms with Crippen molar-refractivity contribution in [3.8, 4) is 0 Å². The lowest BCUT2D eigenvalue weighted by Crippen LogP contribution is -2.61. The number of nitrogen functional groups attached to an aromatic ring is 1. The Morgan fingerprint density at radius 2 is 1.20 bits per heavy atom. The molecular weight excluding hydrogens is 1520 g/mol. The number of aliphatic hydroxyl groups excluding tert-OH is 1. The summed E-state index contributed by atoms with van der Waals surface area (Å²) in [6.45, 7) is 1.32. The number of amides is 13. The summed E-state index contributed by atoms with van der Waals surface area (Å²) >= 11 is 0. The molecular formula is C73H102N16O26. The third kappa shape index (κ3) is 32.6. The van der Waals surface area contributed by atoms with E-state index in [0.717, 1.165) is 52.9 Å². The fraction of sp³-hybridized carbons (Fsp3) is 0.534. The van der Waals surface area contributed by atoms with Crippen molar-refractivity contribution in [1.29, 1.82) is 0 Å². The monoisotopic (exact) mass is 1620 g/mol. The highest BCUT2D eigenvalue weighted by molar-refractivity contribution is 6.05. The summed E-state index contributed by atoms with van der Waals surface area (Å²) in [6, 6.07) is -8.21. The van der Waals surface area contributed by atoms with Crippen LogP contribution in [0.1, 0.15) is 153 Å². The van der Waals surface area contributed by atoms with Crippen LogP contribution < -0.4 is 81.0 Å². The van der Waals surface area contributed by atoms with Gasteiger partial charge in [0.25, 0.3) is 0 Å². The summed E-state index contributed by atoms with van der Waals surface area (Å²) in [4.78, 5) is 276. The number of ketones is 2. The Morgan fingerprint density at radius 1 is 0.591 bits per heavy atom. The maximum Gasteiger partial charge on any atom is 0.329 e. The van der Waals surface area contributed by atoms with Gasteiger partial charge < -0.3 is 116 Å². The van der Waals surface area contributed by atoms with Crippen molar-refractivity contribution in [1.82, 2.24) is 68.8 Å². The molecule has 0 saturated carbocycles. The van der Waals surface area contributed by atoms with Gasteiger partial charge in [0.1, 0.15) is 60.5 Å². The largest absolute Gasteiger partial charge is 0.481 e. The van der Waals surface area contributed by atoms with E-state index in [1.165, 1.54) is 24.3 Å². The maximum absolute atomic E-state index is 14.8. The first kappa shape index (κ1) is 94.9. The van der Waals surface area contributed by atoms with Gasteiger partial charge in [0, 0.05) is 54.0 Å². The van der Waals surface area contributed by atoms with Gasteiger partial charge in [-0.25, -0.2) is 9.59 Å². The first-order chi connectivity index (χ1) is 54.4. The highest BCUT2D eigenvalue weighted by Crippen LogP contribution is 2.22. The van der Waals surface area contributed by atoms with Crippen LogP contribution in [0, 0.1) is 11.8 Å². The highest BCUT2D eigenvalue weighted by Gasteiger charge is 2.41. The van der Waals surface area contributed by atoms with Crippen molar-refractivity contribution in [2.24, 2.45) is 23.3 Å². The van der Waals surface area contributed by atoms with Gasteiger partial charge in [-0.1, -0.05) is 82.7 Å². The number of aromatic amines is 1. The number of carbonyl (C=O) groups is 20. The fourth-order valence-corrected chi connectivity index (χ4v) is 12.0. The standard InChI is InChI=1S/C73H102N16O26/c1-5-6-7-8-9-10-11-22-55(94)82-46(25-40-32-77-44-20-15-13-17-41(40)44)66(106)84-47(29-54(76)93)67(107)85-48(31-61(102)103)68(108)89-63-38(4)115-73(114)50(28-52(91)42-18-12-14-19-43(42)75)87-71(111)62(36(2)24-59(98)99)88-69(109)51(35-90)83-57(96)33-78-56(95)30-49(72(112)113)86-64(104)37(3)80-65(105)39(27-60(100)101)26-53(92)45(21-16-23-74)81-58(97)34-79-70(63)110/h12-15,17-20,32,36-39,45-51,62-63,77,90H,5-11,16,21-31,33-35,74-75H2,1-4H3,(H2,76,93)(H,78,95)(H,79,110)(H,80,105)(H,81,97)(H,82,94)(H,83,96)(H,84,106)(H,85,107)(H,86,104)(H,87,111)(H,88,109)(H,89,108)(H,98,99)(H,100,101)(H,102,103)(H,112,113)/t36?,37?,38?,39?,45?,46?,47-,48?,49?,50?,51?,62?,63?/m1/s1.